The number of guanidine groups is 1. The molecule has 2 aliphatic rings. The molecule has 5 nitrogen and oxygen atoms in total. The van der Waals surface area contributed by atoms with Crippen LogP contribution in [0.1, 0.15) is 44.2 Å². The molecule has 0 spiro atoms. The van der Waals surface area contributed by atoms with E-state index in [1.165, 1.54) is 12.5 Å². The van der Waals surface area contributed by atoms with Crippen LogP contribution in [0.2, 0.25) is 0 Å². The number of nitrogens with zero attached hydrogens (tertiary/aromatic N) is 3. The number of hydrogen-bond donors (Lipinski definition) is 1. The van der Waals surface area contributed by atoms with E-state index in [-0.39, 0.29) is 17.8 Å². The lowest BCUT2D eigenvalue weighted by molar-refractivity contribution is -0.129. The highest BCUT2D eigenvalue weighted by Gasteiger charge is 2.30. The van der Waals surface area contributed by atoms with E-state index in [9.17, 15) is 9.18 Å². The molecular weight excluding hydrogens is 403 g/mol. The number of benzene rings is 2. The lowest BCUT2D eigenvalue weighted by Crippen LogP contribution is -2.48. The van der Waals surface area contributed by atoms with E-state index in [4.69, 9.17) is 4.99 Å². The van der Waals surface area contributed by atoms with Gasteiger partial charge in [0.25, 0.3) is 5.91 Å². The average molecular weight is 435 g/mol. The van der Waals surface area contributed by atoms with Crippen molar-refractivity contribution in [3.8, 4) is 0 Å². The molecule has 2 aliphatic heterocycles. The Balaban J connectivity index is 1.74. The first kappa shape index (κ1) is 22.1. The molecule has 2 heterocycles. The van der Waals surface area contributed by atoms with Gasteiger partial charge in [-0.2, -0.15) is 0 Å². The Labute approximate surface area is 189 Å². The molecule has 2 aromatic carbocycles. The van der Waals surface area contributed by atoms with Crippen LogP contribution in [-0.4, -0.2) is 47.3 Å². The third kappa shape index (κ3) is 4.85. The predicted molar refractivity (Wildman–Crippen MR) is 126 cm³/mol. The molecule has 2 aromatic rings. The Kier molecular flexibility index (Phi) is 6.88. The monoisotopic (exact) mass is 434 g/mol. The third-order valence-corrected chi connectivity index (χ3v) is 6.05. The molecular formula is C26H31FN4O. The minimum atomic E-state index is -0.365. The summed E-state index contributed by atoms with van der Waals surface area (Å²) in [5.41, 5.74) is 2.37. The zero-order valence-electron chi connectivity index (χ0n) is 18.9. The van der Waals surface area contributed by atoms with Gasteiger partial charge >= 0.3 is 0 Å². The molecule has 0 unspecified atom stereocenters. The van der Waals surface area contributed by atoms with Crippen molar-refractivity contribution in [3.63, 3.8) is 0 Å². The van der Waals surface area contributed by atoms with E-state index in [0.717, 1.165) is 37.5 Å². The van der Waals surface area contributed by atoms with Crippen LogP contribution < -0.4 is 5.32 Å². The number of nitrogens with one attached hydrogen (secondary N) is 1. The number of likely N-dealkylation sites (tertiary alicyclic amines) is 1. The van der Waals surface area contributed by atoms with Crippen molar-refractivity contribution in [1.82, 2.24) is 15.1 Å². The van der Waals surface area contributed by atoms with Crippen molar-refractivity contribution in [2.75, 3.05) is 19.6 Å². The van der Waals surface area contributed by atoms with Crippen molar-refractivity contribution in [2.24, 2.45) is 4.99 Å². The predicted octanol–water partition coefficient (Wildman–Crippen LogP) is 4.42. The molecule has 32 heavy (non-hydrogen) atoms. The fourth-order valence-corrected chi connectivity index (χ4v) is 4.25. The summed E-state index contributed by atoms with van der Waals surface area (Å²) in [5, 5.41) is 3.34. The highest BCUT2D eigenvalue weighted by Crippen LogP contribution is 2.28. The van der Waals surface area contributed by atoms with Gasteiger partial charge in [0.15, 0.2) is 5.96 Å². The first-order valence-corrected chi connectivity index (χ1v) is 11.4. The Morgan fingerprint density at radius 3 is 2.44 bits per heavy atom. The molecule has 4 rings (SSSR count). The minimum absolute atomic E-state index is 0.00968. The van der Waals surface area contributed by atoms with E-state index in [1.54, 1.807) is 18.2 Å². The first-order valence-electron chi connectivity index (χ1n) is 11.4. The topological polar surface area (TPSA) is 47.9 Å². The zero-order valence-corrected chi connectivity index (χ0v) is 18.9. The average Bonchev–Trinajstić information content (AvgIpc) is 2.83. The maximum Gasteiger partial charge on any atom is 0.254 e. The summed E-state index contributed by atoms with van der Waals surface area (Å²) in [6.45, 7) is 6.67. The molecule has 1 fully saturated rings. The van der Waals surface area contributed by atoms with Crippen LogP contribution in [0.25, 0.3) is 5.70 Å². The van der Waals surface area contributed by atoms with Gasteiger partial charge in [0, 0.05) is 31.2 Å². The summed E-state index contributed by atoms with van der Waals surface area (Å²) in [6, 6.07) is 16.5. The molecule has 0 radical (unpaired) electrons. The number of amides is 1. The molecule has 0 bridgehead atoms. The van der Waals surface area contributed by atoms with Gasteiger partial charge < -0.3 is 15.1 Å². The highest BCUT2D eigenvalue weighted by molar-refractivity contribution is 6.05. The summed E-state index contributed by atoms with van der Waals surface area (Å²) in [4.78, 5) is 22.6. The molecule has 1 saturated heterocycles. The quantitative estimate of drug-likeness (QED) is 0.758. The van der Waals surface area contributed by atoms with Crippen LogP contribution in [0.15, 0.2) is 65.2 Å². The molecule has 0 aliphatic carbocycles. The molecule has 1 N–H and O–H groups in total. The van der Waals surface area contributed by atoms with E-state index in [1.807, 2.05) is 49.1 Å². The van der Waals surface area contributed by atoms with Gasteiger partial charge in [0.1, 0.15) is 5.82 Å². The van der Waals surface area contributed by atoms with Gasteiger partial charge in [-0.05, 0) is 50.8 Å². The van der Waals surface area contributed by atoms with Crippen LogP contribution in [0, 0.1) is 5.82 Å². The van der Waals surface area contributed by atoms with Gasteiger partial charge in [0.05, 0.1) is 17.8 Å². The fourth-order valence-electron chi connectivity index (χ4n) is 4.25. The second kappa shape index (κ2) is 9.98. The highest BCUT2D eigenvalue weighted by atomic mass is 19.1. The van der Waals surface area contributed by atoms with Gasteiger partial charge in [-0.1, -0.05) is 42.5 Å². The SMILES string of the molecule is CC(C)N(Cc1ccccc1)C(=O)C1=C(c2ccccc2F)N=C(N2CCCCC2)NC1. The van der Waals surface area contributed by atoms with E-state index in [2.05, 4.69) is 10.2 Å². The van der Waals surface area contributed by atoms with E-state index < -0.39 is 0 Å². The van der Waals surface area contributed by atoms with Gasteiger partial charge in [-0.15, -0.1) is 0 Å². The molecule has 1 amide bonds. The number of carbonyl (C=O) groups excluding carboxylic acids is 1. The first-order chi connectivity index (χ1) is 15.5. The third-order valence-electron chi connectivity index (χ3n) is 6.05. The Morgan fingerprint density at radius 1 is 1.06 bits per heavy atom. The second-order valence-electron chi connectivity index (χ2n) is 8.66. The summed E-state index contributed by atoms with van der Waals surface area (Å²) < 4.78 is 14.8. The van der Waals surface area contributed by atoms with Crippen molar-refractivity contribution in [2.45, 2.75) is 45.7 Å². The Morgan fingerprint density at radius 2 is 1.75 bits per heavy atom. The Hall–Kier alpha value is -3.15. The second-order valence-corrected chi connectivity index (χ2v) is 8.66. The summed E-state index contributed by atoms with van der Waals surface area (Å²) >= 11 is 0. The molecule has 0 atom stereocenters. The molecule has 168 valence electrons. The standard InChI is InChI=1S/C26H31FN4O/c1-19(2)31(18-20-11-5-3-6-12-20)25(32)22-17-28-26(30-15-9-4-10-16-30)29-24(22)21-13-7-8-14-23(21)27/h3,5-8,11-14,19H,4,9-10,15-18H2,1-2H3,(H,28,29). The number of aliphatic imine (C=N–C) groups is 1. The Bertz CT molecular complexity index is 1010. The van der Waals surface area contributed by atoms with E-state index in [0.29, 0.717) is 29.9 Å². The molecule has 6 heteroatoms. The van der Waals surface area contributed by atoms with Crippen LogP contribution in [0.3, 0.4) is 0 Å². The van der Waals surface area contributed by atoms with Crippen LogP contribution in [0.4, 0.5) is 4.39 Å². The molecule has 0 saturated carbocycles. The lowest BCUT2D eigenvalue weighted by atomic mass is 10.0. The maximum absolute atomic E-state index is 14.8. The largest absolute Gasteiger partial charge is 0.352 e. The summed E-state index contributed by atoms with van der Waals surface area (Å²) in [6.07, 6.45) is 3.44. The zero-order chi connectivity index (χ0) is 22.5. The van der Waals surface area contributed by atoms with Crippen LogP contribution in [0.5, 0.6) is 0 Å². The summed E-state index contributed by atoms with van der Waals surface area (Å²) in [5.74, 6) is 0.255. The summed E-state index contributed by atoms with van der Waals surface area (Å²) in [7, 11) is 0. The smallest absolute Gasteiger partial charge is 0.254 e. The van der Waals surface area contributed by atoms with E-state index >= 15 is 0 Å². The number of carbonyl (C=O) groups is 1. The van der Waals surface area contributed by atoms with Crippen LogP contribution in [-0.2, 0) is 11.3 Å². The van der Waals surface area contributed by atoms with Crippen molar-refractivity contribution in [3.05, 3.63) is 77.1 Å². The van der Waals surface area contributed by atoms with Gasteiger partial charge in [0.2, 0.25) is 0 Å². The number of hydrogen-bond acceptors (Lipinski definition) is 4. The fraction of sp³-hybridized carbons (Fsp3) is 0.385. The normalized spacial score (nSPS) is 16.6. The van der Waals surface area contributed by atoms with Crippen molar-refractivity contribution < 1.29 is 9.18 Å². The van der Waals surface area contributed by atoms with Gasteiger partial charge in [-0.3, -0.25) is 4.79 Å². The number of halogens is 1. The van der Waals surface area contributed by atoms with Gasteiger partial charge in [-0.25, -0.2) is 9.38 Å². The van der Waals surface area contributed by atoms with Crippen molar-refractivity contribution in [1.29, 1.82) is 0 Å². The molecule has 0 aromatic heterocycles. The maximum atomic E-state index is 14.8. The number of rotatable bonds is 5. The lowest BCUT2D eigenvalue weighted by Gasteiger charge is -2.34. The number of piperidine rings is 1. The van der Waals surface area contributed by atoms with Crippen LogP contribution >= 0.6 is 0 Å². The van der Waals surface area contributed by atoms with Crippen molar-refractivity contribution >= 4 is 17.6 Å². The minimum Gasteiger partial charge on any atom is -0.352 e.